The lowest BCUT2D eigenvalue weighted by atomic mass is 9.72. The molecule has 2 aliphatic rings. The molecule has 0 amide bonds. The minimum atomic E-state index is -0.236. The first-order chi connectivity index (χ1) is 12.3. The first kappa shape index (κ1) is 20.5. The summed E-state index contributed by atoms with van der Waals surface area (Å²) in [5, 5.41) is 0. The zero-order valence-electron chi connectivity index (χ0n) is 17.2. The number of ether oxygens (including phenoxy) is 1. The van der Waals surface area contributed by atoms with Crippen molar-refractivity contribution in [2.75, 3.05) is 6.61 Å². The summed E-state index contributed by atoms with van der Waals surface area (Å²) < 4.78 is 5.01. The lowest BCUT2D eigenvalue weighted by molar-refractivity contribution is -0.138. The molecule has 2 aliphatic carbocycles. The van der Waals surface area contributed by atoms with Crippen LogP contribution >= 0.6 is 0 Å². The number of rotatable bonds is 6. The van der Waals surface area contributed by atoms with Gasteiger partial charge in [0.15, 0.2) is 0 Å². The van der Waals surface area contributed by atoms with Crippen LogP contribution in [0.4, 0.5) is 0 Å². The average Bonchev–Trinajstić information content (AvgIpc) is 3.01. The highest BCUT2D eigenvalue weighted by Crippen LogP contribution is 2.41. The third-order valence-corrected chi connectivity index (χ3v) is 5.54. The minimum Gasteiger partial charge on any atom is -0.463 e. The lowest BCUT2D eigenvalue weighted by Gasteiger charge is -2.33. The van der Waals surface area contributed by atoms with Gasteiger partial charge in [0.2, 0.25) is 0 Å². The highest BCUT2D eigenvalue weighted by atomic mass is 16.5. The van der Waals surface area contributed by atoms with E-state index in [-0.39, 0.29) is 11.4 Å². The van der Waals surface area contributed by atoms with Crippen molar-refractivity contribution in [2.45, 2.75) is 73.1 Å². The van der Waals surface area contributed by atoms with Crippen LogP contribution in [-0.4, -0.2) is 12.6 Å². The first-order valence-corrected chi connectivity index (χ1v) is 9.97. The Labute approximate surface area is 159 Å². The Morgan fingerprint density at radius 2 is 1.77 bits per heavy atom. The second kappa shape index (κ2) is 9.21. The quantitative estimate of drug-likeness (QED) is 0.304. The second-order valence-electron chi connectivity index (χ2n) is 8.10. The van der Waals surface area contributed by atoms with Crippen molar-refractivity contribution in [3.8, 4) is 0 Å². The summed E-state index contributed by atoms with van der Waals surface area (Å²) in [6, 6.07) is 0. The molecular formula is C24H34O2. The van der Waals surface area contributed by atoms with Gasteiger partial charge in [0.25, 0.3) is 0 Å². The molecule has 0 aromatic rings. The van der Waals surface area contributed by atoms with Crippen molar-refractivity contribution in [3.63, 3.8) is 0 Å². The van der Waals surface area contributed by atoms with Crippen LogP contribution < -0.4 is 0 Å². The Morgan fingerprint density at radius 3 is 2.42 bits per heavy atom. The van der Waals surface area contributed by atoms with Crippen LogP contribution in [0.15, 0.2) is 58.2 Å². The molecule has 0 atom stereocenters. The molecule has 0 aliphatic heterocycles. The SMILES string of the molecule is CCOC(=O)C(C)=CC=CC1=C(C=CC2=C(C)CCCC2(C)C)CCC1. The van der Waals surface area contributed by atoms with E-state index in [1.807, 2.05) is 19.1 Å². The van der Waals surface area contributed by atoms with Crippen LogP contribution in [0.2, 0.25) is 0 Å². The van der Waals surface area contributed by atoms with Crippen molar-refractivity contribution < 1.29 is 9.53 Å². The Hall–Kier alpha value is -1.83. The van der Waals surface area contributed by atoms with Crippen LogP contribution in [0.1, 0.15) is 73.1 Å². The number of carbonyl (C=O) groups excluding carboxylic acids is 1. The summed E-state index contributed by atoms with van der Waals surface area (Å²) in [5.74, 6) is -0.236. The first-order valence-electron chi connectivity index (χ1n) is 9.97. The molecule has 26 heavy (non-hydrogen) atoms. The van der Waals surface area contributed by atoms with Crippen molar-refractivity contribution in [2.24, 2.45) is 5.41 Å². The molecule has 0 fully saturated rings. The average molecular weight is 355 g/mol. The maximum Gasteiger partial charge on any atom is 0.333 e. The molecule has 2 heteroatoms. The van der Waals surface area contributed by atoms with Crippen molar-refractivity contribution in [3.05, 3.63) is 58.2 Å². The van der Waals surface area contributed by atoms with E-state index in [1.165, 1.54) is 42.4 Å². The lowest BCUT2D eigenvalue weighted by Crippen LogP contribution is -2.19. The van der Waals surface area contributed by atoms with E-state index < -0.39 is 0 Å². The summed E-state index contributed by atoms with van der Waals surface area (Å²) in [6.45, 7) is 11.1. The van der Waals surface area contributed by atoms with E-state index in [4.69, 9.17) is 4.74 Å². The largest absolute Gasteiger partial charge is 0.463 e. The fourth-order valence-electron chi connectivity index (χ4n) is 3.99. The van der Waals surface area contributed by atoms with Gasteiger partial charge in [-0.15, -0.1) is 0 Å². The van der Waals surface area contributed by atoms with E-state index in [2.05, 4.69) is 39.0 Å². The molecule has 0 bridgehead atoms. The van der Waals surface area contributed by atoms with E-state index in [9.17, 15) is 4.79 Å². The summed E-state index contributed by atoms with van der Waals surface area (Å²) in [5.41, 5.74) is 6.81. The standard InChI is InChI=1S/C24H34O2/c1-6-26-23(25)19(3)10-7-12-20-13-8-14-21(20)15-16-22-18(2)11-9-17-24(22,4)5/h7,10,12,15-16H,6,8-9,11,13-14,17H2,1-5H3. The van der Waals surface area contributed by atoms with Gasteiger partial charge in [0, 0.05) is 5.57 Å². The zero-order chi connectivity index (χ0) is 19.2. The van der Waals surface area contributed by atoms with Gasteiger partial charge in [0.05, 0.1) is 6.61 Å². The van der Waals surface area contributed by atoms with E-state index in [0.29, 0.717) is 12.2 Å². The van der Waals surface area contributed by atoms with Crippen molar-refractivity contribution in [1.29, 1.82) is 0 Å². The van der Waals surface area contributed by atoms with Gasteiger partial charge in [-0.3, -0.25) is 0 Å². The highest BCUT2D eigenvalue weighted by molar-refractivity contribution is 5.88. The van der Waals surface area contributed by atoms with Gasteiger partial charge in [-0.2, -0.15) is 0 Å². The molecule has 0 aromatic carbocycles. The van der Waals surface area contributed by atoms with E-state index in [1.54, 1.807) is 12.5 Å². The van der Waals surface area contributed by atoms with Crippen molar-refractivity contribution in [1.82, 2.24) is 0 Å². The number of hydrogen-bond donors (Lipinski definition) is 0. The predicted octanol–water partition coefficient (Wildman–Crippen LogP) is 6.62. The predicted molar refractivity (Wildman–Crippen MR) is 110 cm³/mol. The Balaban J connectivity index is 2.14. The molecule has 0 aromatic heterocycles. The molecule has 0 saturated heterocycles. The maximum absolute atomic E-state index is 11.7. The van der Waals surface area contributed by atoms with Gasteiger partial charge in [-0.05, 0) is 81.4 Å². The molecule has 0 N–H and O–H groups in total. The number of allylic oxidation sites excluding steroid dienone is 9. The fourth-order valence-corrected chi connectivity index (χ4v) is 3.99. The summed E-state index contributed by atoms with van der Waals surface area (Å²) in [7, 11) is 0. The molecular weight excluding hydrogens is 320 g/mol. The molecule has 0 unspecified atom stereocenters. The van der Waals surface area contributed by atoms with Gasteiger partial charge >= 0.3 is 5.97 Å². The molecule has 0 saturated carbocycles. The number of carbonyl (C=O) groups is 1. The number of esters is 1. The molecule has 0 spiro atoms. The van der Waals surface area contributed by atoms with Gasteiger partial charge in [0.1, 0.15) is 0 Å². The summed E-state index contributed by atoms with van der Waals surface area (Å²) >= 11 is 0. The maximum atomic E-state index is 11.7. The molecule has 0 heterocycles. The van der Waals surface area contributed by atoms with Gasteiger partial charge < -0.3 is 4.74 Å². The monoisotopic (exact) mass is 354 g/mol. The van der Waals surface area contributed by atoms with Crippen LogP contribution in [0, 0.1) is 5.41 Å². The molecule has 2 nitrogen and oxygen atoms in total. The fraction of sp³-hybridized carbons (Fsp3) is 0.542. The van der Waals surface area contributed by atoms with Crippen LogP contribution in [0.5, 0.6) is 0 Å². The second-order valence-corrected chi connectivity index (χ2v) is 8.10. The Morgan fingerprint density at radius 1 is 1.08 bits per heavy atom. The highest BCUT2D eigenvalue weighted by Gasteiger charge is 2.26. The Bertz CT molecular complexity index is 681. The van der Waals surface area contributed by atoms with Gasteiger partial charge in [-0.25, -0.2) is 4.79 Å². The molecule has 0 radical (unpaired) electrons. The Kier molecular flexibility index (Phi) is 7.25. The smallest absolute Gasteiger partial charge is 0.333 e. The summed E-state index contributed by atoms with van der Waals surface area (Å²) in [6.07, 6.45) is 18.0. The van der Waals surface area contributed by atoms with E-state index >= 15 is 0 Å². The van der Waals surface area contributed by atoms with Crippen LogP contribution in [0.3, 0.4) is 0 Å². The molecule has 2 rings (SSSR count). The van der Waals surface area contributed by atoms with E-state index in [0.717, 1.165) is 12.8 Å². The third-order valence-electron chi connectivity index (χ3n) is 5.54. The van der Waals surface area contributed by atoms with Gasteiger partial charge in [-0.1, -0.05) is 49.8 Å². The zero-order valence-corrected chi connectivity index (χ0v) is 17.2. The molecule has 142 valence electrons. The number of hydrogen-bond acceptors (Lipinski definition) is 2. The topological polar surface area (TPSA) is 26.3 Å². The summed E-state index contributed by atoms with van der Waals surface area (Å²) in [4.78, 5) is 11.7. The van der Waals surface area contributed by atoms with Crippen LogP contribution in [-0.2, 0) is 9.53 Å². The van der Waals surface area contributed by atoms with Crippen LogP contribution in [0.25, 0.3) is 0 Å². The normalized spacial score (nSPS) is 21.3. The third kappa shape index (κ3) is 5.33. The van der Waals surface area contributed by atoms with Crippen molar-refractivity contribution >= 4 is 5.97 Å². The minimum absolute atomic E-state index is 0.236.